The summed E-state index contributed by atoms with van der Waals surface area (Å²) < 4.78 is 26.4. The molecule has 2 heterocycles. The number of nitrogens with zero attached hydrogens (tertiary/aromatic N) is 2. The van der Waals surface area contributed by atoms with Crippen molar-refractivity contribution in [2.45, 2.75) is 31.1 Å². The summed E-state index contributed by atoms with van der Waals surface area (Å²) >= 11 is 5.83. The van der Waals surface area contributed by atoms with E-state index in [1.807, 2.05) is 0 Å². The van der Waals surface area contributed by atoms with Gasteiger partial charge in [-0.1, -0.05) is 24.9 Å². The van der Waals surface area contributed by atoms with E-state index in [0.717, 1.165) is 19.3 Å². The molecule has 1 fully saturated rings. The minimum atomic E-state index is -3.50. The third-order valence-electron chi connectivity index (χ3n) is 3.43. The molecule has 1 aromatic heterocycles. The van der Waals surface area contributed by atoms with Gasteiger partial charge in [0.25, 0.3) is 0 Å². The van der Waals surface area contributed by atoms with Gasteiger partial charge in [-0.2, -0.15) is 4.31 Å². The summed E-state index contributed by atoms with van der Waals surface area (Å²) in [6.45, 7) is 3.26. The van der Waals surface area contributed by atoms with Gasteiger partial charge in [0, 0.05) is 19.3 Å². The molecule has 1 atom stereocenters. The second-order valence-corrected chi connectivity index (χ2v) is 7.19. The predicted molar refractivity (Wildman–Crippen MR) is 75.4 cm³/mol. The van der Waals surface area contributed by atoms with Crippen LogP contribution in [-0.4, -0.2) is 30.8 Å². The fourth-order valence-corrected chi connectivity index (χ4v) is 4.12. The standard InChI is InChI=1S/C12H18ClN3O2S/c1-2-3-9-4-5-16(8-9)19(17,18)10-6-11(13)12(14)15-7-10/h6-7,9H,2-5,8H2,1H3,(H2,14,15). The summed E-state index contributed by atoms with van der Waals surface area (Å²) in [5, 5.41) is 0.172. The molecule has 0 spiro atoms. The summed E-state index contributed by atoms with van der Waals surface area (Å²) in [7, 11) is -3.50. The Morgan fingerprint density at radius 3 is 2.95 bits per heavy atom. The number of hydrogen-bond acceptors (Lipinski definition) is 4. The number of aromatic nitrogens is 1. The van der Waals surface area contributed by atoms with Gasteiger partial charge in [-0.3, -0.25) is 0 Å². The molecule has 1 aliphatic heterocycles. The SMILES string of the molecule is CCCC1CCN(S(=O)(=O)c2cnc(N)c(Cl)c2)C1. The van der Waals surface area contributed by atoms with Crippen molar-refractivity contribution < 1.29 is 8.42 Å². The lowest BCUT2D eigenvalue weighted by Crippen LogP contribution is -2.29. The number of anilines is 1. The molecular weight excluding hydrogens is 286 g/mol. The van der Waals surface area contributed by atoms with Crippen LogP contribution in [0.2, 0.25) is 5.02 Å². The van der Waals surface area contributed by atoms with Gasteiger partial charge in [-0.25, -0.2) is 13.4 Å². The van der Waals surface area contributed by atoms with E-state index in [-0.39, 0.29) is 15.7 Å². The molecule has 0 saturated carbocycles. The van der Waals surface area contributed by atoms with Crippen LogP contribution in [0.5, 0.6) is 0 Å². The van der Waals surface area contributed by atoms with Crippen LogP contribution in [0.1, 0.15) is 26.2 Å². The van der Waals surface area contributed by atoms with Crippen molar-refractivity contribution in [2.24, 2.45) is 5.92 Å². The smallest absolute Gasteiger partial charge is 0.244 e. The fraction of sp³-hybridized carbons (Fsp3) is 0.583. The number of halogens is 1. The maximum Gasteiger partial charge on any atom is 0.244 e. The van der Waals surface area contributed by atoms with Crippen LogP contribution in [0.3, 0.4) is 0 Å². The number of nitrogen functional groups attached to an aromatic ring is 1. The number of rotatable bonds is 4. The van der Waals surface area contributed by atoms with E-state index in [1.165, 1.54) is 16.6 Å². The number of pyridine rings is 1. The number of sulfonamides is 1. The van der Waals surface area contributed by atoms with Crippen molar-refractivity contribution in [1.29, 1.82) is 0 Å². The molecule has 2 rings (SSSR count). The highest BCUT2D eigenvalue weighted by molar-refractivity contribution is 7.89. The summed E-state index contributed by atoms with van der Waals surface area (Å²) in [6, 6.07) is 1.37. The molecule has 0 amide bonds. The van der Waals surface area contributed by atoms with E-state index < -0.39 is 10.0 Å². The van der Waals surface area contributed by atoms with Crippen molar-refractivity contribution in [3.63, 3.8) is 0 Å². The van der Waals surface area contributed by atoms with Gasteiger partial charge in [0.1, 0.15) is 10.7 Å². The number of hydrogen-bond donors (Lipinski definition) is 1. The first-order chi connectivity index (χ1) is 8.95. The third kappa shape index (κ3) is 3.01. The van der Waals surface area contributed by atoms with Crippen LogP contribution in [0.15, 0.2) is 17.2 Å². The lowest BCUT2D eigenvalue weighted by Gasteiger charge is -2.16. The third-order valence-corrected chi connectivity index (χ3v) is 5.56. The topological polar surface area (TPSA) is 76.3 Å². The molecule has 7 heteroatoms. The van der Waals surface area contributed by atoms with Crippen molar-refractivity contribution in [3.05, 3.63) is 17.3 Å². The molecule has 0 aliphatic carbocycles. The molecule has 1 aromatic rings. The van der Waals surface area contributed by atoms with Crippen molar-refractivity contribution in [1.82, 2.24) is 9.29 Å². The van der Waals surface area contributed by atoms with Gasteiger partial charge in [0.2, 0.25) is 10.0 Å². The molecule has 0 aromatic carbocycles. The fourth-order valence-electron chi connectivity index (χ4n) is 2.38. The second-order valence-electron chi connectivity index (χ2n) is 4.84. The van der Waals surface area contributed by atoms with Crippen LogP contribution >= 0.6 is 11.6 Å². The largest absolute Gasteiger partial charge is 0.382 e. The summed E-state index contributed by atoms with van der Waals surface area (Å²) in [4.78, 5) is 3.93. The lowest BCUT2D eigenvalue weighted by atomic mass is 10.0. The maximum atomic E-state index is 12.4. The van der Waals surface area contributed by atoms with Gasteiger partial charge < -0.3 is 5.73 Å². The van der Waals surface area contributed by atoms with Crippen LogP contribution < -0.4 is 5.73 Å². The maximum absolute atomic E-state index is 12.4. The average molecular weight is 304 g/mol. The first-order valence-corrected chi connectivity index (χ1v) is 8.18. The Bertz CT molecular complexity index is 562. The summed E-state index contributed by atoms with van der Waals surface area (Å²) in [6.07, 6.45) is 4.33. The first-order valence-electron chi connectivity index (χ1n) is 6.36. The van der Waals surface area contributed by atoms with Gasteiger partial charge in [0.15, 0.2) is 0 Å². The predicted octanol–water partition coefficient (Wildman–Crippen LogP) is 2.13. The first kappa shape index (κ1) is 14.6. The Morgan fingerprint density at radius 1 is 1.58 bits per heavy atom. The van der Waals surface area contributed by atoms with Gasteiger partial charge in [0.05, 0.1) is 5.02 Å². The van der Waals surface area contributed by atoms with Crippen molar-refractivity contribution in [3.8, 4) is 0 Å². The monoisotopic (exact) mass is 303 g/mol. The van der Waals surface area contributed by atoms with Crippen molar-refractivity contribution in [2.75, 3.05) is 18.8 Å². The summed E-state index contributed by atoms with van der Waals surface area (Å²) in [5.74, 6) is 0.600. The van der Waals surface area contributed by atoms with Crippen LogP contribution in [0.4, 0.5) is 5.82 Å². The Balaban J connectivity index is 2.21. The van der Waals surface area contributed by atoms with E-state index in [9.17, 15) is 8.42 Å². The number of nitrogens with two attached hydrogens (primary N) is 1. The zero-order valence-electron chi connectivity index (χ0n) is 10.8. The zero-order chi connectivity index (χ0) is 14.0. The van der Waals surface area contributed by atoms with Crippen LogP contribution in [-0.2, 0) is 10.0 Å². The minimum Gasteiger partial charge on any atom is -0.382 e. The molecular formula is C12H18ClN3O2S. The quantitative estimate of drug-likeness (QED) is 0.924. The Labute approximate surface area is 118 Å². The Hall–Kier alpha value is -0.850. The Morgan fingerprint density at radius 2 is 2.32 bits per heavy atom. The highest BCUT2D eigenvalue weighted by Crippen LogP contribution is 2.28. The molecule has 2 N–H and O–H groups in total. The van der Waals surface area contributed by atoms with Crippen LogP contribution in [0, 0.1) is 5.92 Å². The normalized spacial score (nSPS) is 20.8. The van der Waals surface area contributed by atoms with Crippen LogP contribution in [0.25, 0.3) is 0 Å². The van der Waals surface area contributed by atoms with E-state index >= 15 is 0 Å². The molecule has 5 nitrogen and oxygen atoms in total. The van der Waals surface area contributed by atoms with Gasteiger partial charge >= 0.3 is 0 Å². The molecule has 0 bridgehead atoms. The van der Waals surface area contributed by atoms with Gasteiger partial charge in [-0.05, 0) is 24.8 Å². The zero-order valence-corrected chi connectivity index (χ0v) is 12.4. The van der Waals surface area contributed by atoms with E-state index in [4.69, 9.17) is 17.3 Å². The Kier molecular flexibility index (Phi) is 4.32. The minimum absolute atomic E-state index is 0.115. The van der Waals surface area contributed by atoms with Crippen molar-refractivity contribution >= 4 is 27.4 Å². The van der Waals surface area contributed by atoms with Gasteiger partial charge in [-0.15, -0.1) is 0 Å². The lowest BCUT2D eigenvalue weighted by molar-refractivity contribution is 0.444. The highest BCUT2D eigenvalue weighted by Gasteiger charge is 2.32. The molecule has 1 saturated heterocycles. The van der Waals surface area contributed by atoms with E-state index in [0.29, 0.717) is 19.0 Å². The molecule has 1 unspecified atom stereocenters. The van der Waals surface area contributed by atoms with E-state index in [2.05, 4.69) is 11.9 Å². The van der Waals surface area contributed by atoms with E-state index in [1.54, 1.807) is 0 Å². The average Bonchev–Trinajstić information content (AvgIpc) is 2.82. The second kappa shape index (κ2) is 5.64. The summed E-state index contributed by atoms with van der Waals surface area (Å²) in [5.41, 5.74) is 5.50. The molecule has 1 aliphatic rings. The molecule has 0 radical (unpaired) electrons. The molecule has 106 valence electrons. The molecule has 19 heavy (non-hydrogen) atoms. The highest BCUT2D eigenvalue weighted by atomic mass is 35.5.